The topological polar surface area (TPSA) is 84.2 Å². The van der Waals surface area contributed by atoms with Crippen molar-refractivity contribution in [3.63, 3.8) is 0 Å². The van der Waals surface area contributed by atoms with Gasteiger partial charge in [-0.25, -0.2) is 4.68 Å². The predicted molar refractivity (Wildman–Crippen MR) is 89.5 cm³/mol. The monoisotopic (exact) mass is 347 g/mol. The number of nitrogens with zero attached hydrogens (tertiary/aromatic N) is 2. The molecule has 2 aromatic rings. The minimum Gasteiger partial charge on any atom is -0.481 e. The van der Waals surface area contributed by atoms with Gasteiger partial charge in [0, 0.05) is 11.7 Å². The van der Waals surface area contributed by atoms with Crippen molar-refractivity contribution in [1.82, 2.24) is 15.1 Å². The van der Waals surface area contributed by atoms with Gasteiger partial charge in [0.1, 0.15) is 0 Å². The van der Waals surface area contributed by atoms with E-state index in [1.54, 1.807) is 16.8 Å². The van der Waals surface area contributed by atoms with Gasteiger partial charge >= 0.3 is 5.97 Å². The largest absolute Gasteiger partial charge is 0.481 e. The number of aliphatic carboxylic acids is 1. The number of benzene rings is 1. The average Bonchev–Trinajstić information content (AvgIpc) is 3.15. The highest BCUT2D eigenvalue weighted by Crippen LogP contribution is 2.26. The Morgan fingerprint density at radius 2 is 2.08 bits per heavy atom. The number of carbonyl (C=O) groups is 2. The van der Waals surface area contributed by atoms with Crippen LogP contribution >= 0.6 is 11.6 Å². The standard InChI is InChI=1S/C17H18ClN3O3/c1-10-8-14(20-21(10)15-5-3-2-4-13(15)18)16(22)19-12-7-6-11(9-12)17(23)24/h2-5,8,11-12H,6-7,9H2,1H3,(H,19,22)(H,23,24)/t11-,12+/m1/s1. The third-order valence-electron chi connectivity index (χ3n) is 4.32. The number of carboxylic acid groups (broad SMARTS) is 1. The third-order valence-corrected chi connectivity index (χ3v) is 4.64. The number of aromatic nitrogens is 2. The van der Waals surface area contributed by atoms with Gasteiger partial charge in [-0.15, -0.1) is 0 Å². The first-order valence-corrected chi connectivity index (χ1v) is 8.18. The maximum atomic E-state index is 12.4. The summed E-state index contributed by atoms with van der Waals surface area (Å²) in [6, 6.07) is 8.86. The Morgan fingerprint density at radius 3 is 2.75 bits per heavy atom. The van der Waals surface area contributed by atoms with Crippen LogP contribution in [0.4, 0.5) is 0 Å². The number of hydrogen-bond acceptors (Lipinski definition) is 3. The second-order valence-corrected chi connectivity index (χ2v) is 6.46. The lowest BCUT2D eigenvalue weighted by Gasteiger charge is -2.11. The zero-order chi connectivity index (χ0) is 17.3. The van der Waals surface area contributed by atoms with Gasteiger partial charge in [-0.2, -0.15) is 5.10 Å². The summed E-state index contributed by atoms with van der Waals surface area (Å²) < 4.78 is 1.63. The van der Waals surface area contributed by atoms with Gasteiger partial charge in [-0.3, -0.25) is 9.59 Å². The van der Waals surface area contributed by atoms with Gasteiger partial charge in [0.2, 0.25) is 0 Å². The lowest BCUT2D eigenvalue weighted by Crippen LogP contribution is -2.33. The number of para-hydroxylation sites is 1. The Labute approximate surface area is 144 Å². The summed E-state index contributed by atoms with van der Waals surface area (Å²) in [5.74, 6) is -1.47. The van der Waals surface area contributed by atoms with Crippen LogP contribution in [0.5, 0.6) is 0 Å². The molecule has 24 heavy (non-hydrogen) atoms. The first kappa shape index (κ1) is 16.5. The first-order chi connectivity index (χ1) is 11.5. The number of nitrogens with one attached hydrogen (secondary N) is 1. The van der Waals surface area contributed by atoms with E-state index in [4.69, 9.17) is 16.7 Å². The van der Waals surface area contributed by atoms with Crippen LogP contribution in [0, 0.1) is 12.8 Å². The van der Waals surface area contributed by atoms with Crippen LogP contribution in [0.1, 0.15) is 35.4 Å². The minimum atomic E-state index is -0.800. The molecule has 2 atom stereocenters. The highest BCUT2D eigenvalue weighted by Gasteiger charge is 2.31. The van der Waals surface area contributed by atoms with E-state index in [9.17, 15) is 9.59 Å². The molecule has 1 aromatic carbocycles. The molecule has 1 aliphatic carbocycles. The van der Waals surface area contributed by atoms with Crippen LogP contribution in [-0.2, 0) is 4.79 Å². The summed E-state index contributed by atoms with van der Waals surface area (Å²) in [6.45, 7) is 1.85. The van der Waals surface area contributed by atoms with Crippen molar-refractivity contribution in [2.45, 2.75) is 32.2 Å². The molecule has 1 aliphatic rings. The molecule has 1 saturated carbocycles. The van der Waals surface area contributed by atoms with Crippen LogP contribution in [-0.4, -0.2) is 32.8 Å². The number of carbonyl (C=O) groups excluding carboxylic acids is 1. The van der Waals surface area contributed by atoms with Crippen LogP contribution < -0.4 is 5.32 Å². The van der Waals surface area contributed by atoms with Crippen molar-refractivity contribution < 1.29 is 14.7 Å². The minimum absolute atomic E-state index is 0.121. The second-order valence-electron chi connectivity index (χ2n) is 6.05. The molecule has 7 heteroatoms. The molecule has 1 fully saturated rings. The number of halogens is 1. The molecule has 0 radical (unpaired) electrons. The molecule has 1 heterocycles. The highest BCUT2D eigenvalue weighted by molar-refractivity contribution is 6.32. The van der Waals surface area contributed by atoms with Crippen LogP contribution in [0.3, 0.4) is 0 Å². The van der Waals surface area contributed by atoms with E-state index in [0.717, 1.165) is 5.69 Å². The number of rotatable bonds is 4. The number of hydrogen-bond donors (Lipinski definition) is 2. The molecule has 0 bridgehead atoms. The van der Waals surface area contributed by atoms with E-state index in [0.29, 0.717) is 35.7 Å². The van der Waals surface area contributed by atoms with Crippen molar-refractivity contribution in [1.29, 1.82) is 0 Å². The third kappa shape index (κ3) is 3.28. The molecular formula is C17H18ClN3O3. The maximum Gasteiger partial charge on any atom is 0.306 e. The van der Waals surface area contributed by atoms with Crippen LogP contribution in [0.25, 0.3) is 5.69 Å². The second kappa shape index (κ2) is 6.65. The van der Waals surface area contributed by atoms with Gasteiger partial charge in [-0.05, 0) is 44.4 Å². The fourth-order valence-corrected chi connectivity index (χ4v) is 3.26. The lowest BCUT2D eigenvalue weighted by atomic mass is 10.1. The molecule has 2 N–H and O–H groups in total. The summed E-state index contributed by atoms with van der Waals surface area (Å²) >= 11 is 6.19. The lowest BCUT2D eigenvalue weighted by molar-refractivity contribution is -0.141. The molecular weight excluding hydrogens is 330 g/mol. The van der Waals surface area contributed by atoms with Crippen molar-refractivity contribution in [2.24, 2.45) is 5.92 Å². The van der Waals surface area contributed by atoms with Gasteiger partial charge in [0.25, 0.3) is 5.91 Å². The normalized spacial score (nSPS) is 20.1. The summed E-state index contributed by atoms with van der Waals surface area (Å²) in [4.78, 5) is 23.4. The SMILES string of the molecule is Cc1cc(C(=O)N[C@H]2CC[C@@H](C(=O)O)C2)nn1-c1ccccc1Cl. The molecule has 1 amide bonds. The highest BCUT2D eigenvalue weighted by atomic mass is 35.5. The van der Waals surface area contributed by atoms with E-state index < -0.39 is 5.97 Å². The smallest absolute Gasteiger partial charge is 0.306 e. The fourth-order valence-electron chi connectivity index (χ4n) is 3.05. The maximum absolute atomic E-state index is 12.4. The van der Waals surface area contributed by atoms with Gasteiger partial charge < -0.3 is 10.4 Å². The number of carboxylic acids is 1. The molecule has 126 valence electrons. The summed E-state index contributed by atoms with van der Waals surface area (Å²) in [6.07, 6.45) is 1.73. The van der Waals surface area contributed by atoms with E-state index >= 15 is 0 Å². The molecule has 0 aliphatic heterocycles. The van der Waals surface area contributed by atoms with Gasteiger partial charge in [0.15, 0.2) is 5.69 Å². The zero-order valence-electron chi connectivity index (χ0n) is 13.2. The summed E-state index contributed by atoms with van der Waals surface area (Å²) in [5.41, 5.74) is 1.80. The summed E-state index contributed by atoms with van der Waals surface area (Å²) in [5, 5.41) is 16.8. The van der Waals surface area contributed by atoms with Crippen molar-refractivity contribution in [3.8, 4) is 5.69 Å². The van der Waals surface area contributed by atoms with Gasteiger partial charge in [-0.1, -0.05) is 23.7 Å². The number of aryl methyl sites for hydroxylation is 1. The van der Waals surface area contributed by atoms with E-state index in [1.165, 1.54) is 0 Å². The van der Waals surface area contributed by atoms with Crippen molar-refractivity contribution >= 4 is 23.5 Å². The van der Waals surface area contributed by atoms with E-state index in [2.05, 4.69) is 10.4 Å². The number of amides is 1. The van der Waals surface area contributed by atoms with Crippen LogP contribution in [0.15, 0.2) is 30.3 Å². The molecule has 3 rings (SSSR count). The molecule has 1 aromatic heterocycles. The fraction of sp³-hybridized carbons (Fsp3) is 0.353. The Balaban J connectivity index is 1.74. The van der Waals surface area contributed by atoms with E-state index in [1.807, 2.05) is 25.1 Å². The Kier molecular flexibility index (Phi) is 4.57. The molecule has 0 saturated heterocycles. The summed E-state index contributed by atoms with van der Waals surface area (Å²) in [7, 11) is 0. The van der Waals surface area contributed by atoms with Crippen molar-refractivity contribution in [2.75, 3.05) is 0 Å². The molecule has 0 spiro atoms. The zero-order valence-corrected chi connectivity index (χ0v) is 14.0. The Hall–Kier alpha value is -2.34. The molecule has 0 unspecified atom stereocenters. The predicted octanol–water partition coefficient (Wildman–Crippen LogP) is 2.82. The molecule has 6 nitrogen and oxygen atoms in total. The van der Waals surface area contributed by atoms with E-state index in [-0.39, 0.29) is 17.9 Å². The Morgan fingerprint density at radius 1 is 1.33 bits per heavy atom. The van der Waals surface area contributed by atoms with Crippen LogP contribution in [0.2, 0.25) is 5.02 Å². The average molecular weight is 348 g/mol. The Bertz CT molecular complexity index is 787. The van der Waals surface area contributed by atoms with Gasteiger partial charge in [0.05, 0.1) is 16.6 Å². The first-order valence-electron chi connectivity index (χ1n) is 7.81. The quantitative estimate of drug-likeness (QED) is 0.890. The van der Waals surface area contributed by atoms with Crippen molar-refractivity contribution in [3.05, 3.63) is 46.7 Å².